The number of amides is 1. The van der Waals surface area contributed by atoms with Crippen molar-refractivity contribution in [1.29, 1.82) is 0 Å². The van der Waals surface area contributed by atoms with Gasteiger partial charge in [0.2, 0.25) is 0 Å². The number of halogens is 1. The summed E-state index contributed by atoms with van der Waals surface area (Å²) in [4.78, 5) is 12.0. The monoisotopic (exact) mass is 308 g/mol. The van der Waals surface area contributed by atoms with Gasteiger partial charge in [0.15, 0.2) is 0 Å². The molecule has 1 aromatic carbocycles. The highest BCUT2D eigenvalue weighted by Gasteiger charge is 2.58. The van der Waals surface area contributed by atoms with Crippen molar-refractivity contribution in [2.24, 2.45) is 17.1 Å². The molecule has 0 heterocycles. The Bertz CT molecular complexity index is 579. The highest BCUT2D eigenvalue weighted by Crippen LogP contribution is 2.65. The smallest absolute Gasteiger partial charge is 0.412 e. The molecule has 0 saturated heterocycles. The average molecular weight is 308 g/mol. The van der Waals surface area contributed by atoms with Crippen molar-refractivity contribution in [3.63, 3.8) is 0 Å². The molecule has 0 aromatic heterocycles. The summed E-state index contributed by atoms with van der Waals surface area (Å²) in [7, 11) is 0. The highest BCUT2D eigenvalue weighted by atomic mass is 19.1. The van der Waals surface area contributed by atoms with E-state index in [0.29, 0.717) is 12.2 Å². The summed E-state index contributed by atoms with van der Waals surface area (Å²) in [6.07, 6.45) is -0.539. The van der Waals surface area contributed by atoms with Crippen LogP contribution in [0.25, 0.3) is 0 Å². The van der Waals surface area contributed by atoms with Gasteiger partial charge in [0, 0.05) is 5.69 Å². The van der Waals surface area contributed by atoms with Crippen LogP contribution >= 0.6 is 0 Å². The lowest BCUT2D eigenvalue weighted by molar-refractivity contribution is 0.0635. The van der Waals surface area contributed by atoms with Crippen LogP contribution in [-0.4, -0.2) is 18.2 Å². The number of nitrogens with one attached hydrogen (secondary N) is 1. The molecule has 1 aliphatic carbocycles. The topological polar surface area (TPSA) is 64.3 Å². The molecule has 4 nitrogen and oxygen atoms in total. The fourth-order valence-corrected chi connectivity index (χ4v) is 3.12. The van der Waals surface area contributed by atoms with Gasteiger partial charge in [-0.1, -0.05) is 13.8 Å². The van der Waals surface area contributed by atoms with Crippen LogP contribution in [-0.2, 0) is 4.74 Å². The Balaban J connectivity index is 2.25. The summed E-state index contributed by atoms with van der Waals surface area (Å²) in [6.45, 7) is 10.2. The number of ether oxygens (including phenoxy) is 1. The lowest BCUT2D eigenvalue weighted by Gasteiger charge is -2.20. The maximum Gasteiger partial charge on any atom is 0.412 e. The van der Waals surface area contributed by atoms with Crippen LogP contribution in [0.5, 0.6) is 0 Å². The molecule has 1 saturated carbocycles. The van der Waals surface area contributed by atoms with Crippen LogP contribution in [0.15, 0.2) is 18.2 Å². The highest BCUT2D eigenvalue weighted by molar-refractivity contribution is 5.86. The van der Waals surface area contributed by atoms with Crippen LogP contribution in [0.4, 0.5) is 14.9 Å². The Morgan fingerprint density at radius 2 is 2.05 bits per heavy atom. The SMILES string of the molecule is CC(C)(C)OC(=O)Nc1ccc(F)cc1[C@@H]1[C@@H](CN)C1(C)C. The number of nitrogens with two attached hydrogens (primary N) is 1. The Hall–Kier alpha value is -1.62. The molecule has 2 atom stereocenters. The Morgan fingerprint density at radius 1 is 1.41 bits per heavy atom. The molecule has 1 amide bonds. The Kier molecular flexibility index (Phi) is 4.22. The van der Waals surface area contributed by atoms with E-state index in [1.165, 1.54) is 12.1 Å². The Morgan fingerprint density at radius 3 is 2.55 bits per heavy atom. The molecule has 1 aliphatic rings. The summed E-state index contributed by atoms with van der Waals surface area (Å²) in [5.41, 5.74) is 6.60. The summed E-state index contributed by atoms with van der Waals surface area (Å²) in [5.74, 6) is 0.106. The van der Waals surface area contributed by atoms with Gasteiger partial charge in [0.25, 0.3) is 0 Å². The Labute approximate surface area is 131 Å². The van der Waals surface area contributed by atoms with Crippen LogP contribution in [0.3, 0.4) is 0 Å². The lowest BCUT2D eigenvalue weighted by atomic mass is 10.0. The van der Waals surface area contributed by atoms with Crippen LogP contribution in [0, 0.1) is 17.2 Å². The van der Waals surface area contributed by atoms with Gasteiger partial charge in [0.1, 0.15) is 11.4 Å². The first-order valence-corrected chi connectivity index (χ1v) is 7.56. The largest absolute Gasteiger partial charge is 0.444 e. The second kappa shape index (κ2) is 5.54. The molecule has 1 fully saturated rings. The maximum absolute atomic E-state index is 13.7. The molecule has 0 bridgehead atoms. The molecule has 0 aliphatic heterocycles. The van der Waals surface area contributed by atoms with Crippen molar-refractivity contribution in [1.82, 2.24) is 0 Å². The van der Waals surface area contributed by atoms with E-state index >= 15 is 0 Å². The van der Waals surface area contributed by atoms with Gasteiger partial charge in [-0.3, -0.25) is 5.32 Å². The molecule has 3 N–H and O–H groups in total. The van der Waals surface area contributed by atoms with E-state index in [1.807, 2.05) is 0 Å². The molecule has 0 spiro atoms. The van der Waals surface area contributed by atoms with E-state index < -0.39 is 11.7 Å². The number of hydrogen-bond donors (Lipinski definition) is 2. The van der Waals surface area contributed by atoms with Crippen LogP contribution in [0.1, 0.15) is 46.1 Å². The van der Waals surface area contributed by atoms with Crippen molar-refractivity contribution in [3.05, 3.63) is 29.6 Å². The second-order valence-electron chi connectivity index (χ2n) is 7.50. The standard InChI is InChI=1S/C17H25FN2O2/c1-16(2,3)22-15(21)20-13-7-6-10(18)8-11(13)14-12(9-19)17(14,4)5/h6-8,12,14H,9,19H2,1-5H3,(H,20,21)/t12-,14-/m1/s1. The van der Waals surface area contributed by atoms with E-state index in [1.54, 1.807) is 26.8 Å². The third kappa shape index (κ3) is 3.40. The summed E-state index contributed by atoms with van der Waals surface area (Å²) >= 11 is 0. The minimum absolute atomic E-state index is 0.00685. The zero-order valence-corrected chi connectivity index (χ0v) is 13.9. The van der Waals surface area contributed by atoms with Crippen LogP contribution < -0.4 is 11.1 Å². The summed E-state index contributed by atoms with van der Waals surface area (Å²) < 4.78 is 18.9. The van der Waals surface area contributed by atoms with Crippen molar-refractivity contribution < 1.29 is 13.9 Å². The van der Waals surface area contributed by atoms with Crippen molar-refractivity contribution in [2.45, 2.75) is 46.1 Å². The van der Waals surface area contributed by atoms with E-state index in [9.17, 15) is 9.18 Å². The predicted octanol–water partition coefficient (Wildman–Crippen LogP) is 3.87. The minimum Gasteiger partial charge on any atom is -0.444 e. The van der Waals surface area contributed by atoms with E-state index in [0.717, 1.165) is 5.56 Å². The van der Waals surface area contributed by atoms with Crippen molar-refractivity contribution in [2.75, 3.05) is 11.9 Å². The molecule has 22 heavy (non-hydrogen) atoms. The fraction of sp³-hybridized carbons (Fsp3) is 0.588. The molecular weight excluding hydrogens is 283 g/mol. The van der Waals surface area contributed by atoms with Gasteiger partial charge < -0.3 is 10.5 Å². The maximum atomic E-state index is 13.7. The summed E-state index contributed by atoms with van der Waals surface area (Å²) in [5, 5.41) is 2.73. The third-order valence-corrected chi connectivity index (χ3v) is 4.29. The van der Waals surface area contributed by atoms with Crippen molar-refractivity contribution >= 4 is 11.8 Å². The first-order chi connectivity index (χ1) is 10.1. The number of carbonyl (C=O) groups excluding carboxylic acids is 1. The van der Waals surface area contributed by atoms with Crippen LogP contribution in [0.2, 0.25) is 0 Å². The predicted molar refractivity (Wildman–Crippen MR) is 85.3 cm³/mol. The number of anilines is 1. The first-order valence-electron chi connectivity index (χ1n) is 7.56. The zero-order valence-electron chi connectivity index (χ0n) is 13.9. The number of benzene rings is 1. The van der Waals surface area contributed by atoms with E-state index in [-0.39, 0.29) is 23.1 Å². The summed E-state index contributed by atoms with van der Waals surface area (Å²) in [6, 6.07) is 4.40. The third-order valence-electron chi connectivity index (χ3n) is 4.29. The van der Waals surface area contributed by atoms with Gasteiger partial charge in [-0.25, -0.2) is 9.18 Å². The molecular formula is C17H25FN2O2. The molecule has 5 heteroatoms. The van der Waals surface area contributed by atoms with E-state index in [4.69, 9.17) is 10.5 Å². The lowest BCUT2D eigenvalue weighted by Crippen LogP contribution is -2.27. The fourth-order valence-electron chi connectivity index (χ4n) is 3.12. The first kappa shape index (κ1) is 16.7. The normalized spacial score (nSPS) is 23.0. The van der Waals surface area contributed by atoms with Gasteiger partial charge in [-0.2, -0.15) is 0 Å². The minimum atomic E-state index is -0.580. The van der Waals surface area contributed by atoms with Gasteiger partial charge >= 0.3 is 6.09 Å². The molecule has 122 valence electrons. The van der Waals surface area contributed by atoms with Gasteiger partial charge in [0.05, 0.1) is 0 Å². The molecule has 0 radical (unpaired) electrons. The number of hydrogen-bond acceptors (Lipinski definition) is 3. The van der Waals surface area contributed by atoms with Gasteiger partial charge in [-0.15, -0.1) is 0 Å². The molecule has 2 rings (SSSR count). The number of carbonyl (C=O) groups is 1. The number of rotatable bonds is 3. The van der Waals surface area contributed by atoms with E-state index in [2.05, 4.69) is 19.2 Å². The van der Waals surface area contributed by atoms with Crippen molar-refractivity contribution in [3.8, 4) is 0 Å². The molecule has 1 aromatic rings. The van der Waals surface area contributed by atoms with Gasteiger partial charge in [-0.05, 0) is 68.3 Å². The average Bonchev–Trinajstić information content (AvgIpc) is 2.90. The molecule has 0 unspecified atom stereocenters. The quantitative estimate of drug-likeness (QED) is 0.891. The second-order valence-corrected chi connectivity index (χ2v) is 7.50. The zero-order chi connectivity index (χ0) is 16.7.